The molecule has 0 heterocycles. The fourth-order valence-corrected chi connectivity index (χ4v) is 5.78. The van der Waals surface area contributed by atoms with Gasteiger partial charge in [0.1, 0.15) is 15.5 Å². The summed E-state index contributed by atoms with van der Waals surface area (Å²) >= 11 is 0. The molecule has 49 heavy (non-hydrogen) atoms. The van der Waals surface area contributed by atoms with E-state index in [-0.39, 0.29) is 50.7 Å². The minimum Gasteiger partial charge on any atom is -0.504 e. The van der Waals surface area contributed by atoms with E-state index in [2.05, 4.69) is 5.32 Å². The van der Waals surface area contributed by atoms with E-state index < -0.39 is 53.3 Å². The van der Waals surface area contributed by atoms with Gasteiger partial charge in [-0.15, -0.1) is 0 Å². The third-order valence-electron chi connectivity index (χ3n) is 6.36. The molecule has 0 atom stereocenters. The molecule has 268 valence electrons. The number of phenolic OH excluding ortho intramolecular Hbond substituents is 2. The average Bonchev–Trinajstić information content (AvgIpc) is 3.06. The van der Waals surface area contributed by atoms with Crippen molar-refractivity contribution in [1.29, 1.82) is 0 Å². The van der Waals surface area contributed by atoms with Gasteiger partial charge in [-0.3, -0.25) is 19.2 Å². The number of rotatable bonds is 12. The Morgan fingerprint density at radius 1 is 0.633 bits per heavy atom. The fraction of sp³-hybridized carbons (Fsp3) is 0.333. The van der Waals surface area contributed by atoms with Crippen LogP contribution in [0, 0.1) is 0 Å². The van der Waals surface area contributed by atoms with Crippen LogP contribution in [0.25, 0.3) is 0 Å². The molecule has 0 saturated heterocycles. The van der Waals surface area contributed by atoms with Crippen LogP contribution >= 0.6 is 0 Å². The summed E-state index contributed by atoms with van der Waals surface area (Å²) in [4.78, 5) is 44.2. The van der Waals surface area contributed by atoms with Crippen LogP contribution in [0.5, 0.6) is 28.7 Å². The van der Waals surface area contributed by atoms with Gasteiger partial charge in [0.25, 0.3) is 21.7 Å². The molecule has 0 bridgehead atoms. The molecule has 4 aromatic rings. The molecule has 0 amide bonds. The smallest absolute Gasteiger partial charge is 0.275 e. The molecule has 0 aliphatic rings. The van der Waals surface area contributed by atoms with Crippen LogP contribution in [0.2, 0.25) is 0 Å². The average molecular weight is 727 g/mol. The van der Waals surface area contributed by atoms with Crippen molar-refractivity contribution in [1.82, 2.24) is 8.61 Å². The zero-order valence-electron chi connectivity index (χ0n) is 27.8. The first-order valence-corrected chi connectivity index (χ1v) is 17.2. The lowest BCUT2D eigenvalue weighted by atomic mass is 10.2. The van der Waals surface area contributed by atoms with E-state index >= 15 is 0 Å². The topological polar surface area (TPSA) is 249 Å². The molecular formula is C30H38N4O13S2. The Morgan fingerprint density at radius 2 is 1.02 bits per heavy atom. The largest absolute Gasteiger partial charge is 0.504 e. The highest BCUT2D eigenvalue weighted by Gasteiger charge is 2.27. The number of ether oxygens (including phenoxy) is 3. The second kappa shape index (κ2) is 16.4. The summed E-state index contributed by atoms with van der Waals surface area (Å²) in [5, 5.41) is 22.2. The number of nitrogens with one attached hydrogen (secondary N) is 1. The Balaban J connectivity index is 0.000000275. The third kappa shape index (κ3) is 8.55. The Hall–Kier alpha value is -4.98. The van der Waals surface area contributed by atoms with E-state index in [1.165, 1.54) is 64.6 Å². The molecule has 0 spiro atoms. The number of benzene rings is 2. The van der Waals surface area contributed by atoms with Crippen LogP contribution in [0.1, 0.15) is 20.8 Å². The summed E-state index contributed by atoms with van der Waals surface area (Å²) in [6, 6.07) is 8.25. The maximum absolute atomic E-state index is 12.1. The maximum Gasteiger partial charge on any atom is 0.275 e. The highest BCUT2D eigenvalue weighted by molar-refractivity contribution is 7.89. The van der Waals surface area contributed by atoms with Crippen molar-refractivity contribution in [3.05, 3.63) is 77.3 Å². The normalized spacial score (nSPS) is 11.4. The number of sulfonamides is 2. The lowest BCUT2D eigenvalue weighted by molar-refractivity contribution is 0.274. The summed E-state index contributed by atoms with van der Waals surface area (Å²) in [5.41, 5.74) is 2.61. The van der Waals surface area contributed by atoms with Crippen molar-refractivity contribution in [2.45, 2.75) is 30.6 Å². The molecular weight excluding hydrogens is 688 g/mol. The number of nitrogen functional groups attached to an aromatic ring is 1. The highest BCUT2D eigenvalue weighted by Crippen LogP contribution is 2.35. The second-order valence-corrected chi connectivity index (χ2v) is 14.3. The maximum atomic E-state index is 12.1. The van der Waals surface area contributed by atoms with Gasteiger partial charge in [-0.1, -0.05) is 12.1 Å². The van der Waals surface area contributed by atoms with E-state index in [0.717, 1.165) is 8.61 Å². The van der Waals surface area contributed by atoms with Gasteiger partial charge in [0, 0.05) is 28.2 Å². The lowest BCUT2D eigenvalue weighted by Gasteiger charge is -2.17. The molecule has 17 nitrogen and oxygen atoms in total. The summed E-state index contributed by atoms with van der Waals surface area (Å²) in [6.07, 6.45) is 0. The van der Waals surface area contributed by atoms with Crippen molar-refractivity contribution in [3.63, 3.8) is 0 Å². The zero-order valence-corrected chi connectivity index (χ0v) is 29.4. The molecule has 4 aromatic carbocycles. The van der Waals surface area contributed by atoms with Crippen molar-refractivity contribution < 1.29 is 41.3 Å². The number of aromatic hydroxyl groups is 2. The lowest BCUT2D eigenvalue weighted by Crippen LogP contribution is -2.35. The van der Waals surface area contributed by atoms with Gasteiger partial charge < -0.3 is 35.5 Å². The van der Waals surface area contributed by atoms with Crippen LogP contribution in [-0.4, -0.2) is 83.7 Å². The van der Waals surface area contributed by atoms with Gasteiger partial charge in [0.2, 0.25) is 31.5 Å². The summed E-state index contributed by atoms with van der Waals surface area (Å²) in [6.45, 7) is 6.07. The summed E-state index contributed by atoms with van der Waals surface area (Å²) in [7, 11) is -2.05. The van der Waals surface area contributed by atoms with Crippen molar-refractivity contribution in [2.75, 3.05) is 59.1 Å². The molecule has 19 heteroatoms. The number of hydrogen-bond acceptors (Lipinski definition) is 15. The number of hydrogen-bond donors (Lipinski definition) is 4. The number of nitrogens with zero attached hydrogens (tertiary/aromatic N) is 2. The quantitative estimate of drug-likeness (QED) is 0.0891. The van der Waals surface area contributed by atoms with Gasteiger partial charge in [-0.05, 0) is 45.0 Å². The van der Waals surface area contributed by atoms with E-state index in [0.29, 0.717) is 13.2 Å². The predicted octanol–water partition coefficient (Wildman–Crippen LogP) is 0.686. The molecule has 4 rings (SSSR count). The standard InChI is InChI=1S/C14H16N2O6S.C8H12N2O3S.C8H10O4/c1-4-22-14-10(12(18)13(14)19)15-8-6-5-7-9(11(8)17)23(20,21)16(2)3;1-10(2)14(12,13)7-5-3-4-6(9)8(7)11;1-3-11-7-5(9)6(10)8(7)12-4-2/h5-7,15,17H,4H2,1-3H3;3-5,11H,9H2,1-2H3;3-4H2,1-2H3. The fourth-order valence-electron chi connectivity index (χ4n) is 3.77. The molecule has 0 unspecified atom stereocenters. The summed E-state index contributed by atoms with van der Waals surface area (Å²) in [5.74, 6) is -0.927. The van der Waals surface area contributed by atoms with Gasteiger partial charge in [0.05, 0.1) is 31.2 Å². The third-order valence-corrected chi connectivity index (χ3v) is 10.1. The van der Waals surface area contributed by atoms with E-state index in [1.807, 2.05) is 0 Å². The van der Waals surface area contributed by atoms with E-state index in [9.17, 15) is 46.2 Å². The number of para-hydroxylation sites is 2. The number of nitrogens with two attached hydrogens (primary N) is 1. The van der Waals surface area contributed by atoms with Crippen molar-refractivity contribution in [2.24, 2.45) is 0 Å². The molecule has 0 radical (unpaired) electrons. The minimum atomic E-state index is -3.86. The monoisotopic (exact) mass is 726 g/mol. The molecule has 0 aromatic heterocycles. The second-order valence-electron chi connectivity index (χ2n) is 10.0. The predicted molar refractivity (Wildman–Crippen MR) is 182 cm³/mol. The van der Waals surface area contributed by atoms with Crippen LogP contribution in [0.3, 0.4) is 0 Å². The van der Waals surface area contributed by atoms with Crippen LogP contribution in [-0.2, 0) is 20.0 Å². The summed E-state index contributed by atoms with van der Waals surface area (Å²) < 4.78 is 64.4. The highest BCUT2D eigenvalue weighted by atomic mass is 32.2. The first kappa shape index (κ1) is 40.2. The van der Waals surface area contributed by atoms with Crippen molar-refractivity contribution >= 4 is 37.1 Å². The minimum absolute atomic E-state index is 0.0130. The Kier molecular flexibility index (Phi) is 13.5. The first-order valence-electron chi connectivity index (χ1n) is 14.4. The van der Waals surface area contributed by atoms with E-state index in [4.69, 9.17) is 19.9 Å². The Labute approximate surface area is 282 Å². The van der Waals surface area contributed by atoms with Gasteiger partial charge in [0.15, 0.2) is 17.2 Å². The van der Waals surface area contributed by atoms with Gasteiger partial charge in [-0.2, -0.15) is 0 Å². The number of phenols is 2. The van der Waals surface area contributed by atoms with Gasteiger partial charge in [-0.25, -0.2) is 25.4 Å². The van der Waals surface area contributed by atoms with Crippen LogP contribution in [0.4, 0.5) is 17.1 Å². The molecule has 5 N–H and O–H groups in total. The Bertz CT molecular complexity index is 2110. The molecule has 0 saturated carbocycles. The van der Waals surface area contributed by atoms with Crippen LogP contribution < -0.4 is 47.0 Å². The number of anilines is 3. The van der Waals surface area contributed by atoms with Crippen molar-refractivity contribution in [3.8, 4) is 28.7 Å². The van der Waals surface area contributed by atoms with Gasteiger partial charge >= 0.3 is 0 Å². The molecule has 0 aliphatic carbocycles. The van der Waals surface area contributed by atoms with E-state index in [1.54, 1.807) is 20.8 Å². The first-order chi connectivity index (χ1) is 22.8. The van der Waals surface area contributed by atoms with Crippen LogP contribution in [0.15, 0.2) is 65.4 Å². The SMILES string of the molecule is CCOc1c(Nc2cccc(S(=O)(=O)N(C)C)c2O)c(=O)c1=O.CCOc1c(OCC)c(=O)c1=O.CN(C)S(=O)(=O)c1cccc(N)c1O. The molecule has 0 aliphatic heterocycles. The Morgan fingerprint density at radius 3 is 1.45 bits per heavy atom. The zero-order chi connectivity index (χ0) is 37.4. The molecule has 0 fully saturated rings.